The summed E-state index contributed by atoms with van der Waals surface area (Å²) in [7, 11) is -3.56. The zero-order valence-corrected chi connectivity index (χ0v) is 24.5. The van der Waals surface area contributed by atoms with Crippen LogP contribution in [0.1, 0.15) is 47.8 Å². The molecule has 0 unspecified atom stereocenters. The van der Waals surface area contributed by atoms with Gasteiger partial charge in [0.1, 0.15) is 11.8 Å². The van der Waals surface area contributed by atoms with Gasteiger partial charge in [-0.15, -0.1) is 0 Å². The van der Waals surface area contributed by atoms with Crippen molar-refractivity contribution in [1.82, 2.24) is 14.9 Å². The molecule has 1 aliphatic rings. The Morgan fingerprint density at radius 1 is 0.905 bits per heavy atom. The Morgan fingerprint density at radius 2 is 1.60 bits per heavy atom. The zero-order chi connectivity index (χ0) is 29.5. The van der Waals surface area contributed by atoms with Crippen LogP contribution in [-0.4, -0.2) is 31.2 Å². The monoisotopic (exact) mass is 605 g/mol. The van der Waals surface area contributed by atoms with Gasteiger partial charge in [-0.05, 0) is 72.4 Å². The van der Waals surface area contributed by atoms with Gasteiger partial charge in [-0.25, -0.2) is 13.1 Å². The smallest absolute Gasteiger partial charge is 0.247 e. The van der Waals surface area contributed by atoms with Crippen molar-refractivity contribution in [3.8, 4) is 0 Å². The van der Waals surface area contributed by atoms with Gasteiger partial charge in [0.05, 0.1) is 17.7 Å². The maximum atomic E-state index is 13.9. The van der Waals surface area contributed by atoms with Crippen LogP contribution in [0, 0.1) is 0 Å². The summed E-state index contributed by atoms with van der Waals surface area (Å²) < 4.78 is 33.1. The van der Waals surface area contributed by atoms with Crippen molar-refractivity contribution in [2.75, 3.05) is 0 Å². The predicted octanol–water partition coefficient (Wildman–Crippen LogP) is 5.39. The molecular weight excluding hydrogens is 574 g/mol. The number of carbonyl (C=O) groups is 2. The molecule has 1 aromatic heterocycles. The van der Waals surface area contributed by atoms with E-state index in [-0.39, 0.29) is 42.3 Å². The number of carbonyl (C=O) groups excluding carboxylic acids is 2. The molecule has 1 aliphatic carbocycles. The Hall–Kier alpha value is -3.92. The standard InChI is InChI=1S/C32H32ClN3O5S/c33-26-13-8-24(9-14-26)22-36(31(25-5-2-1-3-6-25)32(38)34-21-28-7-4-20-41-28)30(37)19-12-23-10-17-29(18-11-23)42(39,40)35-27-15-16-27/h1-11,13-14,17-18,20,27,31,35H,12,15-16,19,21-22H2,(H,34,38)/t31-/m0/s1. The molecule has 218 valence electrons. The van der Waals surface area contributed by atoms with Gasteiger partial charge in [-0.1, -0.05) is 66.2 Å². The fraction of sp³-hybridized carbons (Fsp3) is 0.250. The number of halogens is 1. The number of furan rings is 1. The number of hydrogen-bond donors (Lipinski definition) is 2. The molecule has 2 amide bonds. The van der Waals surface area contributed by atoms with Crippen molar-refractivity contribution >= 4 is 33.4 Å². The molecule has 4 aromatic rings. The summed E-state index contributed by atoms with van der Waals surface area (Å²) >= 11 is 6.10. The highest BCUT2D eigenvalue weighted by atomic mass is 35.5. The average molecular weight is 606 g/mol. The maximum absolute atomic E-state index is 13.9. The van der Waals surface area contributed by atoms with Crippen LogP contribution >= 0.6 is 11.6 Å². The summed E-state index contributed by atoms with van der Waals surface area (Å²) in [5.41, 5.74) is 2.32. The van der Waals surface area contributed by atoms with Gasteiger partial charge >= 0.3 is 0 Å². The molecule has 8 nitrogen and oxygen atoms in total. The summed E-state index contributed by atoms with van der Waals surface area (Å²) in [4.78, 5) is 29.4. The van der Waals surface area contributed by atoms with Crippen LogP contribution in [0.3, 0.4) is 0 Å². The molecule has 0 saturated heterocycles. The molecular formula is C32H32ClN3O5S. The summed E-state index contributed by atoms with van der Waals surface area (Å²) in [6.07, 6.45) is 3.75. The Labute approximate surface area is 250 Å². The molecule has 1 saturated carbocycles. The molecule has 42 heavy (non-hydrogen) atoms. The van der Waals surface area contributed by atoms with Crippen molar-refractivity contribution < 1.29 is 22.4 Å². The molecule has 0 radical (unpaired) electrons. The number of aryl methyl sites for hydroxylation is 1. The SMILES string of the molecule is O=C(NCc1ccco1)[C@H](c1ccccc1)N(Cc1ccc(Cl)cc1)C(=O)CCc1ccc(S(=O)(=O)NC2CC2)cc1. The highest BCUT2D eigenvalue weighted by Crippen LogP contribution is 2.26. The maximum Gasteiger partial charge on any atom is 0.247 e. The Balaban J connectivity index is 1.36. The highest BCUT2D eigenvalue weighted by molar-refractivity contribution is 7.89. The number of amides is 2. The van der Waals surface area contributed by atoms with Crippen LogP contribution in [0.15, 0.2) is 107 Å². The van der Waals surface area contributed by atoms with E-state index >= 15 is 0 Å². The zero-order valence-electron chi connectivity index (χ0n) is 22.9. The largest absolute Gasteiger partial charge is 0.467 e. The van der Waals surface area contributed by atoms with Gasteiger partial charge in [-0.3, -0.25) is 9.59 Å². The van der Waals surface area contributed by atoms with E-state index in [9.17, 15) is 18.0 Å². The first-order valence-electron chi connectivity index (χ1n) is 13.8. The molecule has 0 spiro atoms. The topological polar surface area (TPSA) is 109 Å². The third kappa shape index (κ3) is 7.88. The van der Waals surface area contributed by atoms with E-state index in [1.807, 2.05) is 42.5 Å². The molecule has 0 aliphatic heterocycles. The molecule has 5 rings (SSSR count). The number of nitrogens with one attached hydrogen (secondary N) is 2. The third-order valence-electron chi connectivity index (χ3n) is 7.04. The van der Waals surface area contributed by atoms with Crippen LogP contribution in [0.5, 0.6) is 0 Å². The summed E-state index contributed by atoms with van der Waals surface area (Å²) in [6, 6.07) is 25.6. The van der Waals surface area contributed by atoms with E-state index in [1.165, 1.54) is 6.26 Å². The van der Waals surface area contributed by atoms with Crippen molar-refractivity contribution in [1.29, 1.82) is 0 Å². The predicted molar refractivity (Wildman–Crippen MR) is 160 cm³/mol. The molecule has 1 heterocycles. The van der Waals surface area contributed by atoms with Gasteiger partial charge in [0.25, 0.3) is 0 Å². The number of benzene rings is 3. The minimum atomic E-state index is -3.56. The minimum absolute atomic E-state index is 0.0211. The van der Waals surface area contributed by atoms with Gasteiger partial charge < -0.3 is 14.6 Å². The van der Waals surface area contributed by atoms with E-state index in [0.29, 0.717) is 22.8 Å². The van der Waals surface area contributed by atoms with Crippen molar-refractivity contribution in [3.05, 3.63) is 125 Å². The lowest BCUT2D eigenvalue weighted by Crippen LogP contribution is -2.43. The van der Waals surface area contributed by atoms with Crippen molar-refractivity contribution in [3.63, 3.8) is 0 Å². The highest BCUT2D eigenvalue weighted by Gasteiger charge is 2.32. The first-order valence-corrected chi connectivity index (χ1v) is 15.6. The molecule has 10 heteroatoms. The van der Waals surface area contributed by atoms with Crippen LogP contribution < -0.4 is 10.0 Å². The quantitative estimate of drug-likeness (QED) is 0.212. The number of hydrogen-bond acceptors (Lipinski definition) is 5. The summed E-state index contributed by atoms with van der Waals surface area (Å²) in [5.74, 6) is 0.0419. The van der Waals surface area contributed by atoms with Crippen LogP contribution in [0.2, 0.25) is 5.02 Å². The Kier molecular flexibility index (Phi) is 9.41. The third-order valence-corrected chi connectivity index (χ3v) is 8.83. The number of rotatable bonds is 13. The average Bonchev–Trinajstić information content (AvgIpc) is 3.64. The minimum Gasteiger partial charge on any atom is -0.467 e. The normalized spacial score (nSPS) is 13.8. The van der Waals surface area contributed by atoms with Gasteiger partial charge in [0.15, 0.2) is 0 Å². The van der Waals surface area contributed by atoms with Crippen LogP contribution in [0.4, 0.5) is 0 Å². The van der Waals surface area contributed by atoms with E-state index in [2.05, 4.69) is 10.0 Å². The lowest BCUT2D eigenvalue weighted by Gasteiger charge is -2.32. The van der Waals surface area contributed by atoms with Gasteiger partial charge in [-0.2, -0.15) is 0 Å². The second kappa shape index (κ2) is 13.4. The van der Waals surface area contributed by atoms with E-state index < -0.39 is 16.1 Å². The van der Waals surface area contributed by atoms with Crippen LogP contribution in [-0.2, 0) is 39.1 Å². The number of nitrogens with zero attached hydrogens (tertiary/aromatic N) is 1. The summed E-state index contributed by atoms with van der Waals surface area (Å²) in [5, 5.41) is 3.49. The lowest BCUT2D eigenvalue weighted by atomic mass is 10.0. The second-order valence-corrected chi connectivity index (χ2v) is 12.4. The first-order chi connectivity index (χ1) is 20.3. The fourth-order valence-electron chi connectivity index (χ4n) is 4.62. The molecule has 0 bridgehead atoms. The Morgan fingerprint density at radius 3 is 2.24 bits per heavy atom. The van der Waals surface area contributed by atoms with E-state index in [0.717, 1.165) is 24.0 Å². The lowest BCUT2D eigenvalue weighted by molar-refractivity contribution is -0.141. The van der Waals surface area contributed by atoms with Crippen molar-refractivity contribution in [2.24, 2.45) is 0 Å². The fourth-order valence-corrected chi connectivity index (χ4v) is 6.05. The summed E-state index contributed by atoms with van der Waals surface area (Å²) in [6.45, 7) is 0.372. The molecule has 3 aromatic carbocycles. The molecule has 1 fully saturated rings. The first kappa shape index (κ1) is 29.6. The van der Waals surface area contributed by atoms with Gasteiger partial charge in [0.2, 0.25) is 21.8 Å². The molecule has 1 atom stereocenters. The second-order valence-electron chi connectivity index (χ2n) is 10.3. The molecule has 2 N–H and O–H groups in total. The number of sulfonamides is 1. The Bertz CT molecular complexity index is 1590. The van der Waals surface area contributed by atoms with E-state index in [1.54, 1.807) is 53.4 Å². The van der Waals surface area contributed by atoms with Crippen LogP contribution in [0.25, 0.3) is 0 Å². The van der Waals surface area contributed by atoms with E-state index in [4.69, 9.17) is 16.0 Å². The van der Waals surface area contributed by atoms with Gasteiger partial charge in [0, 0.05) is 24.0 Å². The van der Waals surface area contributed by atoms with Crippen molar-refractivity contribution in [2.45, 2.75) is 55.8 Å².